The van der Waals surface area contributed by atoms with Crippen LogP contribution in [0.15, 0.2) is 26.8 Å². The highest BCUT2D eigenvalue weighted by Gasteiger charge is 2.20. The lowest BCUT2D eigenvalue weighted by Gasteiger charge is -2.27. The fraction of sp³-hybridized carbons (Fsp3) is 0.400. The summed E-state index contributed by atoms with van der Waals surface area (Å²) in [6, 6.07) is 3.98. The Balaban J connectivity index is 2.10. The predicted octanol–water partition coefficient (Wildman–Crippen LogP) is 3.75. The maximum Gasteiger partial charge on any atom is 0.221 e. The number of rotatable bonds is 3. The third-order valence-electron chi connectivity index (χ3n) is 3.98. The van der Waals surface area contributed by atoms with Gasteiger partial charge in [0, 0.05) is 34.5 Å². The summed E-state index contributed by atoms with van der Waals surface area (Å²) in [7, 11) is 0. The highest BCUT2D eigenvalue weighted by molar-refractivity contribution is 9.10. The van der Waals surface area contributed by atoms with Crippen LogP contribution in [0, 0.1) is 6.92 Å². The van der Waals surface area contributed by atoms with Crippen molar-refractivity contribution in [3.63, 3.8) is 0 Å². The van der Waals surface area contributed by atoms with Crippen molar-refractivity contribution in [1.29, 1.82) is 0 Å². The first-order valence-corrected chi connectivity index (χ1v) is 9.85. The van der Waals surface area contributed by atoms with E-state index in [0.717, 1.165) is 45.5 Å². The molecule has 1 saturated heterocycles. The number of aryl methyl sites for hydroxylation is 1. The normalized spacial score (nSPS) is 16.2. The summed E-state index contributed by atoms with van der Waals surface area (Å²) in [5, 5.41) is 19.3. The van der Waals surface area contributed by atoms with E-state index in [0.29, 0.717) is 12.4 Å². The molecule has 2 heterocycles. The number of halogens is 1. The zero-order valence-electron chi connectivity index (χ0n) is 13.2. The Bertz CT molecular complexity index is 814. The lowest BCUT2D eigenvalue weighted by Crippen LogP contribution is -2.34. The fourth-order valence-electron chi connectivity index (χ4n) is 2.73. The van der Waals surface area contributed by atoms with Crippen molar-refractivity contribution in [3.8, 4) is 5.88 Å². The third kappa shape index (κ3) is 3.58. The Kier molecular flexibility index (Phi) is 5.43. The van der Waals surface area contributed by atoms with Gasteiger partial charge in [-0.15, -0.1) is 10.2 Å². The van der Waals surface area contributed by atoms with E-state index < -0.39 is 0 Å². The molecular weight excluding hydrogens is 410 g/mol. The minimum absolute atomic E-state index is 0.0606. The molecule has 2 aromatic rings. The highest BCUT2D eigenvalue weighted by atomic mass is 79.9. The van der Waals surface area contributed by atoms with Crippen molar-refractivity contribution in [2.75, 3.05) is 24.6 Å². The predicted molar refractivity (Wildman–Crippen MR) is 106 cm³/mol. The van der Waals surface area contributed by atoms with Crippen molar-refractivity contribution in [2.24, 2.45) is 16.0 Å². The van der Waals surface area contributed by atoms with Gasteiger partial charge in [-0.3, -0.25) is 9.47 Å². The average molecular weight is 428 g/mol. The number of thiocarbonyl (C=S) groups is 1. The summed E-state index contributed by atoms with van der Waals surface area (Å²) in [4.78, 5) is 2.32. The van der Waals surface area contributed by atoms with Crippen LogP contribution in [0.1, 0.15) is 5.56 Å². The first-order chi connectivity index (χ1) is 11.5. The van der Waals surface area contributed by atoms with Gasteiger partial charge in [0.25, 0.3) is 0 Å². The van der Waals surface area contributed by atoms with E-state index in [1.54, 1.807) is 0 Å². The maximum atomic E-state index is 10.7. The van der Waals surface area contributed by atoms with Crippen LogP contribution in [0.4, 0.5) is 5.69 Å². The van der Waals surface area contributed by atoms with E-state index >= 15 is 0 Å². The number of nitrogens with zero attached hydrogens (tertiary/aromatic N) is 4. The van der Waals surface area contributed by atoms with E-state index in [1.807, 2.05) is 35.4 Å². The molecule has 9 heteroatoms. The first kappa shape index (κ1) is 17.7. The van der Waals surface area contributed by atoms with Gasteiger partial charge in [-0.1, -0.05) is 15.9 Å². The van der Waals surface area contributed by atoms with E-state index in [1.165, 1.54) is 0 Å². The van der Waals surface area contributed by atoms with Crippen LogP contribution in [0.3, 0.4) is 0 Å². The molecule has 0 amide bonds. The van der Waals surface area contributed by atoms with Gasteiger partial charge in [-0.05, 0) is 36.8 Å². The molecule has 1 aliphatic rings. The molecular formula is C15H18BrN5OS2. The van der Waals surface area contributed by atoms with Gasteiger partial charge in [0.05, 0.1) is 12.2 Å². The number of aromatic hydroxyl groups is 1. The molecule has 1 aliphatic heterocycles. The zero-order chi connectivity index (χ0) is 17.3. The van der Waals surface area contributed by atoms with Gasteiger partial charge in [-0.2, -0.15) is 11.8 Å². The van der Waals surface area contributed by atoms with Crippen LogP contribution in [0.2, 0.25) is 0 Å². The molecule has 3 N–H and O–H groups in total. The van der Waals surface area contributed by atoms with Gasteiger partial charge in [-0.25, -0.2) is 0 Å². The highest BCUT2D eigenvalue weighted by Crippen LogP contribution is 2.41. The Hall–Kier alpha value is -1.16. The minimum Gasteiger partial charge on any atom is -0.493 e. The van der Waals surface area contributed by atoms with Crippen LogP contribution in [-0.2, 0) is 6.67 Å². The quantitative estimate of drug-likeness (QED) is 0.575. The molecule has 0 bridgehead atoms. The largest absolute Gasteiger partial charge is 0.493 e. The molecule has 128 valence electrons. The van der Waals surface area contributed by atoms with Crippen LogP contribution in [0.25, 0.3) is 10.9 Å². The molecule has 1 aromatic heterocycles. The molecule has 0 spiro atoms. The Morgan fingerprint density at radius 2 is 2.12 bits per heavy atom. The molecule has 1 aromatic carbocycles. The summed E-state index contributed by atoms with van der Waals surface area (Å²) < 4.78 is 2.83. The van der Waals surface area contributed by atoms with E-state index in [-0.39, 0.29) is 11.0 Å². The molecule has 6 nitrogen and oxygen atoms in total. The maximum absolute atomic E-state index is 10.7. The van der Waals surface area contributed by atoms with E-state index in [2.05, 4.69) is 31.1 Å². The van der Waals surface area contributed by atoms with Crippen LogP contribution >= 0.6 is 39.9 Å². The average Bonchev–Trinajstić information content (AvgIpc) is 2.79. The van der Waals surface area contributed by atoms with Gasteiger partial charge >= 0.3 is 0 Å². The second-order valence-corrected chi connectivity index (χ2v) is 8.13. The van der Waals surface area contributed by atoms with Crippen LogP contribution in [0.5, 0.6) is 5.88 Å². The number of benzene rings is 1. The SMILES string of the molecule is Cc1cc2c(cc1Br)c(N=NC(N)=S)c(O)n2CN1CCSCC1. The van der Waals surface area contributed by atoms with E-state index in [9.17, 15) is 5.11 Å². The second-order valence-electron chi connectivity index (χ2n) is 5.63. The monoisotopic (exact) mass is 427 g/mol. The number of hydrogen-bond donors (Lipinski definition) is 2. The molecule has 0 saturated carbocycles. The topological polar surface area (TPSA) is 79.1 Å². The molecule has 0 aliphatic carbocycles. The van der Waals surface area contributed by atoms with Crippen molar-refractivity contribution in [2.45, 2.75) is 13.6 Å². The minimum atomic E-state index is -0.0606. The van der Waals surface area contributed by atoms with Crippen molar-refractivity contribution < 1.29 is 5.11 Å². The Morgan fingerprint density at radius 3 is 2.79 bits per heavy atom. The van der Waals surface area contributed by atoms with Crippen molar-refractivity contribution in [1.82, 2.24) is 9.47 Å². The summed E-state index contributed by atoms with van der Waals surface area (Å²) in [5.41, 5.74) is 7.81. The summed E-state index contributed by atoms with van der Waals surface area (Å²) in [5.74, 6) is 2.30. The number of nitrogens with two attached hydrogens (primary N) is 1. The molecule has 1 fully saturated rings. The lowest BCUT2D eigenvalue weighted by molar-refractivity contribution is 0.232. The number of thioether (sulfide) groups is 1. The van der Waals surface area contributed by atoms with Gasteiger partial charge in [0.2, 0.25) is 11.0 Å². The molecule has 0 unspecified atom stereocenters. The number of hydrogen-bond acceptors (Lipinski definition) is 5. The fourth-order valence-corrected chi connectivity index (χ4v) is 4.09. The summed E-state index contributed by atoms with van der Waals surface area (Å²) >= 11 is 10.2. The zero-order valence-corrected chi connectivity index (χ0v) is 16.4. The molecule has 24 heavy (non-hydrogen) atoms. The smallest absolute Gasteiger partial charge is 0.221 e. The van der Waals surface area contributed by atoms with Crippen molar-refractivity contribution in [3.05, 3.63) is 22.2 Å². The lowest BCUT2D eigenvalue weighted by atomic mass is 10.2. The molecule has 3 rings (SSSR count). The number of fused-ring (bicyclic) bond motifs is 1. The summed E-state index contributed by atoms with van der Waals surface area (Å²) in [6.45, 7) is 4.64. The first-order valence-electron chi connectivity index (χ1n) is 7.50. The Labute approximate surface area is 158 Å². The van der Waals surface area contributed by atoms with Gasteiger partial charge < -0.3 is 10.8 Å². The Morgan fingerprint density at radius 1 is 1.42 bits per heavy atom. The summed E-state index contributed by atoms with van der Waals surface area (Å²) in [6.07, 6.45) is 0. The van der Waals surface area contributed by atoms with Gasteiger partial charge in [0.15, 0.2) is 5.69 Å². The number of aromatic nitrogens is 1. The van der Waals surface area contributed by atoms with Gasteiger partial charge in [0.1, 0.15) is 0 Å². The van der Waals surface area contributed by atoms with Crippen molar-refractivity contribution >= 4 is 61.6 Å². The molecule has 0 radical (unpaired) electrons. The van der Waals surface area contributed by atoms with E-state index in [4.69, 9.17) is 18.0 Å². The third-order valence-corrected chi connectivity index (χ3v) is 5.86. The van der Waals surface area contributed by atoms with Crippen LogP contribution in [-0.4, -0.2) is 44.3 Å². The van der Waals surface area contributed by atoms with Crippen LogP contribution < -0.4 is 5.73 Å². The standard InChI is InChI=1S/C15H18BrN5OS2/c1-9-6-12-10(7-11(9)16)13(18-19-15(17)23)14(22)21(12)8-20-2-4-24-5-3-20/h6-7,22H,2-5,8H2,1H3,(H2,17,23). The second kappa shape index (κ2) is 7.38. The molecule has 0 atom stereocenters. The number of azo groups is 1.